The van der Waals surface area contributed by atoms with Crippen molar-refractivity contribution in [2.75, 3.05) is 11.9 Å². The number of benzene rings is 2. The Bertz CT molecular complexity index is 850. The van der Waals surface area contributed by atoms with Crippen molar-refractivity contribution in [2.45, 2.75) is 59.5 Å². The summed E-state index contributed by atoms with van der Waals surface area (Å²) in [7, 11) is 0. The van der Waals surface area contributed by atoms with Crippen LogP contribution in [0.4, 0.5) is 5.69 Å². The lowest BCUT2D eigenvalue weighted by Gasteiger charge is -2.21. The second kappa shape index (κ2) is 9.59. The molecule has 0 heterocycles. The summed E-state index contributed by atoms with van der Waals surface area (Å²) in [6, 6.07) is 12.9. The van der Waals surface area contributed by atoms with Gasteiger partial charge in [0.15, 0.2) is 6.10 Å². The largest absolute Gasteiger partial charge is 0.481 e. The molecule has 2 rings (SSSR count). The molecule has 0 aromatic heterocycles. The number of esters is 1. The first-order valence-corrected chi connectivity index (χ1v) is 10.0. The van der Waals surface area contributed by atoms with Crippen LogP contribution in [0.2, 0.25) is 0 Å². The number of carbonyl (C=O) groups excluding carboxylic acids is 2. The maximum absolute atomic E-state index is 12.8. The number of carbonyl (C=O) groups is 2. The van der Waals surface area contributed by atoms with Crippen LogP contribution in [0.5, 0.6) is 5.75 Å². The van der Waals surface area contributed by atoms with Crippen molar-refractivity contribution >= 4 is 17.6 Å². The summed E-state index contributed by atoms with van der Waals surface area (Å²) in [6.07, 6.45) is -0.121. The molecule has 1 amide bonds. The van der Waals surface area contributed by atoms with E-state index in [1.807, 2.05) is 38.1 Å². The summed E-state index contributed by atoms with van der Waals surface area (Å²) in [5.74, 6) is -0.0151. The maximum Gasteiger partial charge on any atom is 0.338 e. The van der Waals surface area contributed by atoms with Crippen LogP contribution in [0, 0.1) is 6.92 Å². The fourth-order valence-corrected chi connectivity index (χ4v) is 2.83. The fraction of sp³-hybridized carbons (Fsp3) is 0.417. The lowest BCUT2D eigenvalue weighted by Crippen LogP contribution is -2.32. The maximum atomic E-state index is 12.8. The number of anilines is 1. The first kappa shape index (κ1) is 22.5. The van der Waals surface area contributed by atoms with E-state index in [0.717, 1.165) is 5.56 Å². The SMILES string of the molecule is CCOC(=O)c1ccc(C)c(NC(=O)C(CC)Oc2ccc(C(C)(C)C)cc2)c1. The summed E-state index contributed by atoms with van der Waals surface area (Å²) < 4.78 is 11.0. The van der Waals surface area contributed by atoms with Crippen molar-refractivity contribution < 1.29 is 19.1 Å². The molecule has 0 saturated heterocycles. The summed E-state index contributed by atoms with van der Waals surface area (Å²) in [5.41, 5.74) is 3.09. The smallest absolute Gasteiger partial charge is 0.338 e. The zero-order valence-electron chi connectivity index (χ0n) is 18.2. The number of ether oxygens (including phenoxy) is 2. The van der Waals surface area contributed by atoms with Crippen LogP contribution in [0.25, 0.3) is 0 Å². The Labute approximate surface area is 173 Å². The highest BCUT2D eigenvalue weighted by Crippen LogP contribution is 2.25. The standard InChI is InChI=1S/C24H31NO4/c1-7-21(29-19-13-11-18(12-14-19)24(4,5)6)22(26)25-20-15-17(10-9-16(20)3)23(27)28-8-2/h9-15,21H,7-8H2,1-6H3,(H,25,26). The normalized spacial score (nSPS) is 12.2. The predicted octanol–water partition coefficient (Wildman–Crippen LogP) is 5.27. The van der Waals surface area contributed by atoms with E-state index in [1.54, 1.807) is 25.1 Å². The van der Waals surface area contributed by atoms with Crippen molar-refractivity contribution in [3.8, 4) is 5.75 Å². The molecule has 1 N–H and O–H groups in total. The molecule has 29 heavy (non-hydrogen) atoms. The van der Waals surface area contributed by atoms with Gasteiger partial charge in [0.2, 0.25) is 0 Å². The first-order chi connectivity index (χ1) is 13.7. The van der Waals surface area contributed by atoms with Crippen molar-refractivity contribution in [3.05, 3.63) is 59.2 Å². The molecule has 0 aliphatic carbocycles. The van der Waals surface area contributed by atoms with E-state index >= 15 is 0 Å². The molecular formula is C24H31NO4. The summed E-state index contributed by atoms with van der Waals surface area (Å²) >= 11 is 0. The second-order valence-electron chi connectivity index (χ2n) is 8.03. The molecule has 156 valence electrons. The molecule has 0 radical (unpaired) electrons. The van der Waals surface area contributed by atoms with Gasteiger partial charge in [-0.1, -0.05) is 45.9 Å². The van der Waals surface area contributed by atoms with Crippen LogP contribution in [0.15, 0.2) is 42.5 Å². The summed E-state index contributed by atoms with van der Waals surface area (Å²) in [4.78, 5) is 24.7. The molecule has 5 nitrogen and oxygen atoms in total. The number of hydrogen-bond acceptors (Lipinski definition) is 4. The van der Waals surface area contributed by atoms with Gasteiger partial charge in [0.25, 0.3) is 5.91 Å². The fourth-order valence-electron chi connectivity index (χ4n) is 2.83. The minimum atomic E-state index is -0.638. The van der Waals surface area contributed by atoms with Crippen molar-refractivity contribution in [2.24, 2.45) is 0 Å². The molecule has 5 heteroatoms. The zero-order valence-corrected chi connectivity index (χ0v) is 18.2. The minimum absolute atomic E-state index is 0.0571. The summed E-state index contributed by atoms with van der Waals surface area (Å²) in [5, 5.41) is 2.88. The number of aryl methyl sites for hydroxylation is 1. The van der Waals surface area contributed by atoms with Gasteiger partial charge in [0.1, 0.15) is 5.75 Å². The number of hydrogen-bond donors (Lipinski definition) is 1. The van der Waals surface area contributed by atoms with Crippen LogP contribution in [-0.2, 0) is 14.9 Å². The molecule has 0 aliphatic heterocycles. The van der Waals surface area contributed by atoms with Gasteiger partial charge in [-0.2, -0.15) is 0 Å². The number of rotatable bonds is 7. The third kappa shape index (κ3) is 6.08. The molecule has 2 aromatic rings. The van der Waals surface area contributed by atoms with Gasteiger partial charge in [-0.15, -0.1) is 0 Å². The van der Waals surface area contributed by atoms with E-state index in [1.165, 1.54) is 5.56 Å². The van der Waals surface area contributed by atoms with E-state index in [4.69, 9.17) is 9.47 Å². The monoisotopic (exact) mass is 397 g/mol. The first-order valence-electron chi connectivity index (χ1n) is 10.0. The number of nitrogens with one attached hydrogen (secondary N) is 1. The zero-order chi connectivity index (χ0) is 21.6. The molecule has 0 bridgehead atoms. The second-order valence-corrected chi connectivity index (χ2v) is 8.03. The van der Waals surface area contributed by atoms with E-state index < -0.39 is 12.1 Å². The van der Waals surface area contributed by atoms with Gasteiger partial charge >= 0.3 is 5.97 Å². The van der Waals surface area contributed by atoms with E-state index in [2.05, 4.69) is 26.1 Å². The highest BCUT2D eigenvalue weighted by atomic mass is 16.5. The van der Waals surface area contributed by atoms with E-state index in [0.29, 0.717) is 30.0 Å². The Morgan fingerprint density at radius 2 is 1.69 bits per heavy atom. The molecule has 0 aliphatic rings. The lowest BCUT2D eigenvalue weighted by molar-refractivity contribution is -0.122. The Kier molecular flexibility index (Phi) is 7.43. The molecular weight excluding hydrogens is 366 g/mol. The average Bonchev–Trinajstić information content (AvgIpc) is 2.67. The molecule has 2 aromatic carbocycles. The Balaban J connectivity index is 2.12. The van der Waals surface area contributed by atoms with Crippen LogP contribution in [0.1, 0.15) is 62.5 Å². The molecule has 1 unspecified atom stereocenters. The number of amides is 1. The van der Waals surface area contributed by atoms with Gasteiger partial charge in [0, 0.05) is 5.69 Å². The van der Waals surface area contributed by atoms with Gasteiger partial charge in [-0.25, -0.2) is 4.79 Å². The third-order valence-corrected chi connectivity index (χ3v) is 4.67. The quantitative estimate of drug-likeness (QED) is 0.647. The van der Waals surface area contributed by atoms with Gasteiger partial charge in [-0.3, -0.25) is 4.79 Å². The summed E-state index contributed by atoms with van der Waals surface area (Å²) in [6.45, 7) is 12.3. The Morgan fingerprint density at radius 3 is 2.24 bits per heavy atom. The van der Waals surface area contributed by atoms with Gasteiger partial charge in [0.05, 0.1) is 12.2 Å². The third-order valence-electron chi connectivity index (χ3n) is 4.67. The van der Waals surface area contributed by atoms with Crippen LogP contribution >= 0.6 is 0 Å². The van der Waals surface area contributed by atoms with Crippen molar-refractivity contribution in [1.82, 2.24) is 0 Å². The highest BCUT2D eigenvalue weighted by molar-refractivity contribution is 5.97. The Morgan fingerprint density at radius 1 is 1.03 bits per heavy atom. The van der Waals surface area contributed by atoms with Crippen molar-refractivity contribution in [3.63, 3.8) is 0 Å². The average molecular weight is 398 g/mol. The topological polar surface area (TPSA) is 64.6 Å². The van der Waals surface area contributed by atoms with Crippen LogP contribution in [-0.4, -0.2) is 24.6 Å². The Hall–Kier alpha value is -2.82. The van der Waals surface area contributed by atoms with Crippen LogP contribution < -0.4 is 10.1 Å². The molecule has 1 atom stereocenters. The molecule has 0 fully saturated rings. The molecule has 0 spiro atoms. The van der Waals surface area contributed by atoms with E-state index in [-0.39, 0.29) is 11.3 Å². The van der Waals surface area contributed by atoms with Crippen molar-refractivity contribution in [1.29, 1.82) is 0 Å². The lowest BCUT2D eigenvalue weighted by atomic mass is 9.87. The van der Waals surface area contributed by atoms with Gasteiger partial charge in [-0.05, 0) is 61.1 Å². The van der Waals surface area contributed by atoms with E-state index in [9.17, 15) is 9.59 Å². The predicted molar refractivity (Wildman–Crippen MR) is 116 cm³/mol. The highest BCUT2D eigenvalue weighted by Gasteiger charge is 2.21. The molecule has 0 saturated carbocycles. The van der Waals surface area contributed by atoms with Crippen LogP contribution in [0.3, 0.4) is 0 Å². The minimum Gasteiger partial charge on any atom is -0.481 e. The van der Waals surface area contributed by atoms with Gasteiger partial charge < -0.3 is 14.8 Å².